The van der Waals surface area contributed by atoms with Gasteiger partial charge in [-0.1, -0.05) is 32.1 Å². The van der Waals surface area contributed by atoms with E-state index in [4.69, 9.17) is 83.3 Å². The number of aromatic nitrogens is 11. The van der Waals surface area contributed by atoms with E-state index in [9.17, 15) is 91.6 Å². The summed E-state index contributed by atoms with van der Waals surface area (Å²) >= 11 is 0. The van der Waals surface area contributed by atoms with Crippen molar-refractivity contribution in [2.75, 3.05) is 89.1 Å². The summed E-state index contributed by atoms with van der Waals surface area (Å²) in [5.74, 6) is -9.79. The molecule has 0 unspecified atom stereocenters. The number of carbonyl (C=O) groups is 5. The van der Waals surface area contributed by atoms with Crippen LogP contribution in [0.2, 0.25) is 31.6 Å². The Labute approximate surface area is 686 Å². The molecule has 0 bridgehead atoms. The maximum absolute atomic E-state index is 12.4. The van der Waals surface area contributed by atoms with Crippen LogP contribution in [0.3, 0.4) is 0 Å². The number of carboxylic acid groups (broad SMARTS) is 5. The lowest BCUT2D eigenvalue weighted by atomic mass is 9.78. The molecule has 5 fully saturated rings. The number of imidazole rings is 2. The molecule has 120 heavy (non-hydrogen) atoms. The SMILES string of the molecule is N[C@@]1(C(=O)O)CN(S(=O)(=O)Nc2cn[nH]n2)C[C@@H]1CCCB(O)O.N[C@@]1(C(=O)O)CN(S(=O)(=O)Nc2cnc[nH]2)C[C@@H]1CCCB(O)O.N[C@@]1(C(=O)O)CN(S(=O)(=O)Nc2ncc[nH]2)C[C@@H]1CCCB(O)O.N[C@@]1(C(=O)O)CN(S(=O)(=O)Nc2ncco2)C[C@@H]1CCCB(O)O.N[C@@]1(C(=O)O)CN(S(=O)(=O)Nc2ncn[nH]2)C[C@@H]1CCCB(O)O. The molecule has 5 aromatic rings. The fourth-order valence-corrected chi connectivity index (χ4v) is 19.7. The average molecular weight is 1810 g/mol. The van der Waals surface area contributed by atoms with Crippen molar-refractivity contribution in [3.63, 3.8) is 0 Å². The first-order chi connectivity index (χ1) is 55.7. The topological polar surface area (TPSA) is 932 Å². The summed E-state index contributed by atoms with van der Waals surface area (Å²) in [6.45, 7) is -2.45. The minimum atomic E-state index is -4.08. The van der Waals surface area contributed by atoms with Gasteiger partial charge in [-0.2, -0.15) is 84.0 Å². The number of nitrogens with two attached hydrogens (primary N) is 5. The van der Waals surface area contributed by atoms with E-state index in [0.29, 0.717) is 32.1 Å². The van der Waals surface area contributed by atoms with E-state index in [2.05, 4.69) is 79.1 Å². The maximum Gasteiger partial charge on any atom is 0.451 e. The number of oxazole rings is 1. The summed E-state index contributed by atoms with van der Waals surface area (Å²) < 4.78 is 144. The van der Waals surface area contributed by atoms with Gasteiger partial charge in [-0.25, -0.2) is 34.2 Å². The zero-order valence-electron chi connectivity index (χ0n) is 63.6. The van der Waals surface area contributed by atoms with Crippen LogP contribution in [0.25, 0.3) is 0 Å². The second-order valence-electron chi connectivity index (χ2n) is 28.7. The van der Waals surface area contributed by atoms with Gasteiger partial charge in [0.05, 0.1) is 24.9 Å². The molecule has 0 aliphatic carbocycles. The van der Waals surface area contributed by atoms with Crippen molar-refractivity contribution >= 4 is 146 Å². The molecular formula is C53H97B5N26O31S5. The van der Waals surface area contributed by atoms with Crippen LogP contribution in [0.1, 0.15) is 64.2 Å². The molecule has 10 heterocycles. The van der Waals surface area contributed by atoms with Crippen LogP contribution in [0.4, 0.5) is 29.5 Å². The predicted molar refractivity (Wildman–Crippen MR) is 418 cm³/mol. The number of nitrogens with one attached hydrogen (secondary N) is 9. The molecule has 57 nitrogen and oxygen atoms in total. The van der Waals surface area contributed by atoms with Crippen molar-refractivity contribution in [3.8, 4) is 0 Å². The fraction of sp³-hybridized carbons (Fsp3) is 0.660. The lowest BCUT2D eigenvalue weighted by Crippen LogP contribution is -2.55. The first kappa shape index (κ1) is 100. The third-order valence-electron chi connectivity index (χ3n) is 20.1. The Bertz CT molecular complexity index is 4020. The van der Waals surface area contributed by atoms with Crippen LogP contribution >= 0.6 is 0 Å². The van der Waals surface area contributed by atoms with E-state index in [0.717, 1.165) is 27.9 Å². The Morgan fingerprint density at radius 3 is 1.03 bits per heavy atom. The first-order valence-electron chi connectivity index (χ1n) is 36.1. The summed E-state index contributed by atoms with van der Waals surface area (Å²) in [7, 11) is -27.7. The highest BCUT2D eigenvalue weighted by molar-refractivity contribution is 7.91. The maximum atomic E-state index is 12.4. The summed E-state index contributed by atoms with van der Waals surface area (Å²) in [6.07, 6.45) is 13.2. The number of nitrogens with zero attached hydrogens (tertiary/aromatic N) is 12. The molecule has 10 atom stereocenters. The van der Waals surface area contributed by atoms with Gasteiger partial charge >= 0.3 is 122 Å². The van der Waals surface area contributed by atoms with Gasteiger partial charge in [0.1, 0.15) is 46.1 Å². The van der Waals surface area contributed by atoms with Crippen LogP contribution in [0.5, 0.6) is 0 Å². The van der Waals surface area contributed by atoms with E-state index in [1.165, 1.54) is 43.6 Å². The second-order valence-corrected chi connectivity index (χ2v) is 37.1. The molecule has 5 aromatic heterocycles. The van der Waals surface area contributed by atoms with Gasteiger partial charge in [0.15, 0.2) is 5.82 Å². The normalized spacial score (nSPS) is 24.9. The van der Waals surface area contributed by atoms with Crippen molar-refractivity contribution in [2.24, 2.45) is 58.3 Å². The molecule has 67 heteroatoms. The molecule has 0 saturated carbocycles. The van der Waals surface area contributed by atoms with E-state index in [1.54, 1.807) is 0 Å². The number of anilines is 5. The van der Waals surface area contributed by atoms with E-state index in [1.807, 2.05) is 0 Å². The summed E-state index contributed by atoms with van der Waals surface area (Å²) in [5.41, 5.74) is 20.9. The zero-order chi connectivity index (χ0) is 89.8. The Morgan fingerprint density at radius 2 is 0.767 bits per heavy atom. The molecule has 5 saturated heterocycles. The highest BCUT2D eigenvalue weighted by Crippen LogP contribution is 2.38. The minimum absolute atomic E-state index is 0.0137. The highest BCUT2D eigenvalue weighted by atomic mass is 32.2. The summed E-state index contributed by atoms with van der Waals surface area (Å²) in [4.78, 5) is 77.6. The molecule has 10 rings (SSSR count). The van der Waals surface area contributed by atoms with E-state index < -0.39 is 193 Å². The van der Waals surface area contributed by atoms with Crippen LogP contribution in [-0.2, 0) is 75.0 Å². The van der Waals surface area contributed by atoms with Crippen LogP contribution in [0.15, 0.2) is 54.3 Å². The summed E-state index contributed by atoms with van der Waals surface area (Å²) in [5, 5.41) is 151. The molecule has 0 amide bonds. The third kappa shape index (κ3) is 27.5. The molecule has 0 aromatic carbocycles. The van der Waals surface area contributed by atoms with Crippen molar-refractivity contribution in [2.45, 2.75) is 124 Å². The van der Waals surface area contributed by atoms with Gasteiger partial charge in [-0.15, -0.1) is 5.10 Å². The number of hydrogen-bond donors (Lipinski definition) is 29. The predicted octanol–water partition coefficient (Wildman–Crippen LogP) is -10.8. The first-order valence-corrected chi connectivity index (χ1v) is 43.3. The van der Waals surface area contributed by atoms with Gasteiger partial charge in [-0.05, 0) is 63.7 Å². The Morgan fingerprint density at radius 1 is 0.433 bits per heavy atom. The van der Waals surface area contributed by atoms with Crippen LogP contribution < -0.4 is 52.3 Å². The molecule has 0 radical (unpaired) electrons. The van der Waals surface area contributed by atoms with Crippen molar-refractivity contribution in [1.29, 1.82) is 0 Å². The van der Waals surface area contributed by atoms with Crippen molar-refractivity contribution in [3.05, 3.63) is 49.9 Å². The van der Waals surface area contributed by atoms with Gasteiger partial charge in [0, 0.05) is 107 Å². The molecule has 34 N–H and O–H groups in total. The standard InChI is InChI=1S/2C11H20BN5O6S.C11H19BN4O7S.2C10H19BN6O6S/c13-11(10(18)19)6-17(5-8(11)2-1-3-12(20)21)24(22,23)16-9-4-14-7-15-9;13-11(9(18)19)7-17(6-8(11)2-1-3-12(20)21)24(22,23)16-10-14-4-5-15-10;13-11(9(17)18)7-16(6-8(11)2-1-3-12(19)20)24(21,22)15-10-14-4-5-23-10;12-10(9(18)19)6-17(5-7(10)2-1-3-11(20)21)24(22,23)15-8-4-13-16-14-8;12-10(8(18)19)5-17(4-7(10)2-1-3-11(20)21)24(22,23)16-9-13-6-14-15-9/h4,7-8,16,20-21H,1-3,5-6,13H2,(H,14,15)(H,18,19);4-5,8,20-21H,1-3,6-7,13H2,(H,18,19)(H2,14,15,16);4-5,8,19-20H,1-3,6-7,13H2,(H,14,15)(H,17,18);4,7,20-21H,1-3,5-6,12H2,(H,18,19)(H2,13,14,15,16);6-7,20-21H,1-5,12H2,(H,18,19)(H2,13,14,15,16)/t3*8-,11-;2*7-,10-/m00000/s1. The number of aliphatic carboxylic acids is 5. The number of carboxylic acids is 5. The largest absolute Gasteiger partial charge is 0.480 e. The highest BCUT2D eigenvalue weighted by Gasteiger charge is 2.57. The Hall–Kier alpha value is -8.47. The third-order valence-corrected chi connectivity index (χ3v) is 27.2. The fourth-order valence-electron chi connectivity index (χ4n) is 13.4. The van der Waals surface area contributed by atoms with Crippen LogP contribution in [0, 0.1) is 29.6 Å². The van der Waals surface area contributed by atoms with Gasteiger partial charge < -0.3 is 119 Å². The number of rotatable bonds is 40. The van der Waals surface area contributed by atoms with Crippen LogP contribution in [-0.4, -0.2) is 353 Å². The van der Waals surface area contributed by atoms with E-state index in [-0.39, 0.29) is 139 Å². The monoisotopic (exact) mass is 1810 g/mol. The lowest BCUT2D eigenvalue weighted by Gasteiger charge is -2.25. The molecule has 670 valence electrons. The van der Waals surface area contributed by atoms with Crippen molar-refractivity contribution in [1.82, 2.24) is 77.0 Å². The number of aromatic amines is 4. The van der Waals surface area contributed by atoms with Gasteiger partial charge in [0.25, 0.3) is 0 Å². The van der Waals surface area contributed by atoms with E-state index >= 15 is 0 Å². The summed E-state index contributed by atoms with van der Waals surface area (Å²) in [6, 6.07) is -0.236. The molecular weight excluding hydrogens is 1710 g/mol. The van der Waals surface area contributed by atoms with Crippen molar-refractivity contribution < 1.29 is 146 Å². The minimum Gasteiger partial charge on any atom is -0.480 e. The van der Waals surface area contributed by atoms with Gasteiger partial charge in [0.2, 0.25) is 11.9 Å². The van der Waals surface area contributed by atoms with Gasteiger partial charge in [-0.3, -0.25) is 33.4 Å². The molecule has 5 aliphatic rings. The quantitative estimate of drug-likeness (QED) is 0.0162. The lowest BCUT2D eigenvalue weighted by molar-refractivity contribution is -0.145. The molecule has 5 aliphatic heterocycles. The number of H-pyrrole nitrogens is 4. The Balaban J connectivity index is 0.000000233. The number of hydrogen-bond acceptors (Lipinski definition) is 38. The zero-order valence-corrected chi connectivity index (χ0v) is 67.7. The Kier molecular flexibility index (Phi) is 35.6. The average Bonchev–Trinajstić information content (AvgIpc) is 1.65. The second kappa shape index (κ2) is 42.6. The smallest absolute Gasteiger partial charge is 0.451 e. The molecule has 0 spiro atoms.